The zero-order valence-corrected chi connectivity index (χ0v) is 23.1. The Hall–Kier alpha value is -4.33. The normalized spacial score (nSPS) is 13.8. The first kappa shape index (κ1) is 28.2. The summed E-state index contributed by atoms with van der Waals surface area (Å²) in [6, 6.07) is 10.1. The summed E-state index contributed by atoms with van der Waals surface area (Å²) < 4.78 is 5.88. The molecule has 0 saturated carbocycles. The molecule has 0 unspecified atom stereocenters. The molecule has 0 radical (unpaired) electrons. The molecule has 4 aromatic rings. The third-order valence-electron chi connectivity index (χ3n) is 6.50. The number of carbonyl (C=O) groups excluding carboxylic acids is 2. The molecule has 5 N–H and O–H groups in total. The summed E-state index contributed by atoms with van der Waals surface area (Å²) >= 11 is 12.3. The van der Waals surface area contributed by atoms with E-state index < -0.39 is 17.9 Å². The number of anilines is 2. The molecule has 214 valence electrons. The second-order valence-corrected chi connectivity index (χ2v) is 10.0. The number of benzene rings is 2. The van der Waals surface area contributed by atoms with Crippen molar-refractivity contribution in [3.8, 4) is 5.75 Å². The number of imidazole rings is 2. The number of aromatic nitrogens is 4. The lowest BCUT2D eigenvalue weighted by Gasteiger charge is -2.32. The van der Waals surface area contributed by atoms with Crippen LogP contribution in [0.5, 0.6) is 5.75 Å². The van der Waals surface area contributed by atoms with Crippen LogP contribution in [0, 0.1) is 0 Å². The van der Waals surface area contributed by atoms with Crippen molar-refractivity contribution in [3.63, 3.8) is 0 Å². The second kappa shape index (κ2) is 12.5. The molecule has 15 heteroatoms. The van der Waals surface area contributed by atoms with E-state index in [1.54, 1.807) is 36.4 Å². The molecule has 41 heavy (non-hydrogen) atoms. The van der Waals surface area contributed by atoms with Gasteiger partial charge >= 0.3 is 6.09 Å². The Kier molecular flexibility index (Phi) is 8.57. The van der Waals surface area contributed by atoms with Gasteiger partial charge in [-0.05, 0) is 30.7 Å². The number of aromatic amines is 2. The first-order valence-electron chi connectivity index (χ1n) is 12.7. The topological polar surface area (TPSA) is 169 Å². The first-order chi connectivity index (χ1) is 19.8. The lowest BCUT2D eigenvalue weighted by molar-refractivity contribution is 0.0985. The molecule has 2 aromatic carbocycles. The molecule has 3 heterocycles. The van der Waals surface area contributed by atoms with Crippen LogP contribution in [0.25, 0.3) is 11.0 Å². The van der Waals surface area contributed by atoms with E-state index in [9.17, 15) is 14.4 Å². The van der Waals surface area contributed by atoms with E-state index >= 15 is 0 Å². The van der Waals surface area contributed by atoms with Crippen LogP contribution in [0.3, 0.4) is 0 Å². The number of fused-ring (bicyclic) bond motifs is 1. The van der Waals surface area contributed by atoms with Crippen LogP contribution in [0.4, 0.5) is 16.4 Å². The molecule has 0 atom stereocenters. The molecule has 0 spiro atoms. The van der Waals surface area contributed by atoms with Crippen LogP contribution < -0.4 is 15.4 Å². The predicted octanol–water partition coefficient (Wildman–Crippen LogP) is 4.16. The largest absolute Gasteiger partial charge is 0.493 e. The molecule has 13 nitrogen and oxygen atoms in total. The minimum Gasteiger partial charge on any atom is -0.493 e. The fourth-order valence-corrected chi connectivity index (χ4v) is 4.87. The van der Waals surface area contributed by atoms with E-state index in [0.717, 1.165) is 13.0 Å². The van der Waals surface area contributed by atoms with Crippen LogP contribution in [-0.4, -0.2) is 92.1 Å². The maximum Gasteiger partial charge on any atom is 0.407 e. The number of ether oxygens (including phenoxy) is 1. The van der Waals surface area contributed by atoms with Crippen LogP contribution in [0.15, 0.2) is 42.7 Å². The monoisotopic (exact) mass is 600 g/mol. The summed E-state index contributed by atoms with van der Waals surface area (Å²) in [5.41, 5.74) is 1.26. The highest BCUT2D eigenvalue weighted by Gasteiger charge is 2.23. The predicted molar refractivity (Wildman–Crippen MR) is 153 cm³/mol. The molecule has 1 fully saturated rings. The van der Waals surface area contributed by atoms with Gasteiger partial charge in [-0.1, -0.05) is 29.3 Å². The number of amides is 3. The van der Waals surface area contributed by atoms with E-state index in [1.807, 2.05) is 0 Å². The maximum atomic E-state index is 13.0. The third-order valence-corrected chi connectivity index (χ3v) is 7.13. The minimum absolute atomic E-state index is 0.0699. The summed E-state index contributed by atoms with van der Waals surface area (Å²) in [4.78, 5) is 54.5. The summed E-state index contributed by atoms with van der Waals surface area (Å²) in [6.07, 6.45) is 1.15. The van der Waals surface area contributed by atoms with Crippen LogP contribution >= 0.6 is 23.2 Å². The van der Waals surface area contributed by atoms with E-state index in [4.69, 9.17) is 33.0 Å². The molecular weight excluding hydrogens is 575 g/mol. The third kappa shape index (κ3) is 6.70. The van der Waals surface area contributed by atoms with Gasteiger partial charge in [0, 0.05) is 38.8 Å². The van der Waals surface area contributed by atoms with Gasteiger partial charge in [0.25, 0.3) is 11.8 Å². The Balaban J connectivity index is 1.15. The molecular formula is C26H26Cl2N8O5. The van der Waals surface area contributed by atoms with Crippen LogP contribution in [-0.2, 0) is 0 Å². The fraction of sp³-hybridized carbons (Fsp3) is 0.269. The van der Waals surface area contributed by atoms with E-state index in [2.05, 4.69) is 35.5 Å². The van der Waals surface area contributed by atoms with Gasteiger partial charge in [0.15, 0.2) is 5.69 Å². The molecule has 1 aliphatic rings. The lowest BCUT2D eigenvalue weighted by Crippen LogP contribution is -2.48. The Morgan fingerprint density at radius 1 is 1.02 bits per heavy atom. The van der Waals surface area contributed by atoms with E-state index in [-0.39, 0.29) is 33.1 Å². The zero-order chi connectivity index (χ0) is 28.9. The standard InChI is InChI=1S/C26H26Cl2N8O5/c27-16-3-1-4-17(28)20(16)33-23(37)21-22(30-14-29-21)24(38)34-25-31-18-6-5-15(13-19(18)32-25)41-12-2-7-35-8-10-36(11-9-35)26(39)40/h1,3-6,13-14H,2,7-12H2,(H,29,30)(H,33,37)(H,39,40)(H2,31,32,34,38). The fourth-order valence-electron chi connectivity index (χ4n) is 4.38. The molecule has 5 rings (SSSR count). The molecule has 1 saturated heterocycles. The summed E-state index contributed by atoms with van der Waals surface area (Å²) in [6.45, 7) is 3.75. The highest BCUT2D eigenvalue weighted by molar-refractivity contribution is 6.40. The van der Waals surface area contributed by atoms with Crippen molar-refractivity contribution < 1.29 is 24.2 Å². The van der Waals surface area contributed by atoms with Crippen LogP contribution in [0.1, 0.15) is 27.4 Å². The van der Waals surface area contributed by atoms with Gasteiger partial charge in [0.1, 0.15) is 11.4 Å². The van der Waals surface area contributed by atoms with Gasteiger partial charge in [0.05, 0.1) is 39.7 Å². The van der Waals surface area contributed by atoms with Gasteiger partial charge in [-0.2, -0.15) is 0 Å². The zero-order valence-electron chi connectivity index (χ0n) is 21.6. The molecule has 3 amide bonds. The summed E-state index contributed by atoms with van der Waals surface area (Å²) in [7, 11) is 0. The summed E-state index contributed by atoms with van der Waals surface area (Å²) in [5.74, 6) is -0.476. The number of carbonyl (C=O) groups is 3. The second-order valence-electron chi connectivity index (χ2n) is 9.21. The lowest BCUT2D eigenvalue weighted by atomic mass is 10.2. The SMILES string of the molecule is O=C(Nc1c(Cl)cccc1Cl)c1nc[nH]c1C(=O)Nc1nc2ccc(OCCCN3CCN(C(=O)O)CC3)cc2[nH]1. The number of piperazine rings is 1. The number of para-hydroxylation sites is 1. The highest BCUT2D eigenvalue weighted by atomic mass is 35.5. The average Bonchev–Trinajstić information content (AvgIpc) is 3.60. The smallest absolute Gasteiger partial charge is 0.407 e. The molecule has 1 aliphatic heterocycles. The Morgan fingerprint density at radius 2 is 1.78 bits per heavy atom. The van der Waals surface area contributed by atoms with Gasteiger partial charge in [-0.25, -0.2) is 14.8 Å². The number of carboxylic acid groups (broad SMARTS) is 1. The van der Waals surface area contributed by atoms with Crippen molar-refractivity contribution in [2.24, 2.45) is 0 Å². The van der Waals surface area contributed by atoms with Crippen molar-refractivity contribution in [2.45, 2.75) is 6.42 Å². The van der Waals surface area contributed by atoms with Gasteiger partial charge in [0.2, 0.25) is 5.95 Å². The van der Waals surface area contributed by atoms with Gasteiger partial charge < -0.3 is 30.0 Å². The number of H-pyrrole nitrogens is 2. The number of hydrogen-bond acceptors (Lipinski definition) is 7. The molecule has 2 aromatic heterocycles. The Labute approximate surface area is 243 Å². The Bertz CT molecular complexity index is 1560. The number of rotatable bonds is 9. The van der Waals surface area contributed by atoms with Crippen LogP contribution in [0.2, 0.25) is 10.0 Å². The van der Waals surface area contributed by atoms with Crippen molar-refractivity contribution in [1.29, 1.82) is 0 Å². The molecule has 0 bridgehead atoms. The molecule has 0 aliphatic carbocycles. The van der Waals surface area contributed by atoms with Crippen molar-refractivity contribution in [1.82, 2.24) is 29.7 Å². The number of nitrogens with zero attached hydrogens (tertiary/aromatic N) is 4. The van der Waals surface area contributed by atoms with Crippen molar-refractivity contribution in [2.75, 3.05) is 50.0 Å². The highest BCUT2D eigenvalue weighted by Crippen LogP contribution is 2.30. The Morgan fingerprint density at radius 3 is 2.51 bits per heavy atom. The van der Waals surface area contributed by atoms with E-state index in [0.29, 0.717) is 49.6 Å². The van der Waals surface area contributed by atoms with Crippen molar-refractivity contribution in [3.05, 3.63) is 64.2 Å². The van der Waals surface area contributed by atoms with Crippen molar-refractivity contribution >= 4 is 63.8 Å². The average molecular weight is 601 g/mol. The quantitative estimate of drug-likeness (QED) is 0.178. The number of nitrogens with one attached hydrogen (secondary N) is 4. The van der Waals surface area contributed by atoms with Gasteiger partial charge in [-0.15, -0.1) is 0 Å². The number of hydrogen-bond donors (Lipinski definition) is 5. The van der Waals surface area contributed by atoms with E-state index in [1.165, 1.54) is 11.2 Å². The van der Waals surface area contributed by atoms with Gasteiger partial charge in [-0.3, -0.25) is 19.8 Å². The summed E-state index contributed by atoms with van der Waals surface area (Å²) in [5, 5.41) is 14.8. The maximum absolute atomic E-state index is 13.0. The number of halogens is 2. The first-order valence-corrected chi connectivity index (χ1v) is 13.5. The minimum atomic E-state index is -0.876.